The first-order chi connectivity index (χ1) is 12.2. The van der Waals surface area contributed by atoms with E-state index in [1.165, 1.54) is 5.56 Å². The van der Waals surface area contributed by atoms with E-state index < -0.39 is 0 Å². The minimum Gasteiger partial charge on any atom is -0.336 e. The van der Waals surface area contributed by atoms with Crippen molar-refractivity contribution in [3.05, 3.63) is 83.7 Å². The molecule has 1 heterocycles. The standard InChI is InChI=1S/C20H22N4O/c1-23(15-18-11-6-3-7-12-18)20(25)19-16-24(22-21-19)14-8-13-17-9-4-2-5-10-17/h2-7,9-12,16H,8,13-15H2,1H3. The lowest BCUT2D eigenvalue weighted by atomic mass is 10.1. The van der Waals surface area contributed by atoms with Crippen molar-refractivity contribution < 1.29 is 4.79 Å². The van der Waals surface area contributed by atoms with Crippen LogP contribution in [0.2, 0.25) is 0 Å². The fraction of sp³-hybridized carbons (Fsp3) is 0.250. The molecule has 2 aromatic carbocycles. The molecule has 0 radical (unpaired) electrons. The number of aromatic nitrogens is 3. The number of carbonyl (C=O) groups is 1. The Kier molecular flexibility index (Phi) is 5.57. The first-order valence-electron chi connectivity index (χ1n) is 8.46. The topological polar surface area (TPSA) is 51.0 Å². The lowest BCUT2D eigenvalue weighted by molar-refractivity contribution is 0.0779. The number of benzene rings is 2. The zero-order chi connectivity index (χ0) is 17.5. The zero-order valence-electron chi connectivity index (χ0n) is 14.4. The minimum absolute atomic E-state index is 0.113. The smallest absolute Gasteiger partial charge is 0.276 e. The van der Waals surface area contributed by atoms with Crippen LogP contribution in [0.4, 0.5) is 0 Å². The molecule has 1 amide bonds. The summed E-state index contributed by atoms with van der Waals surface area (Å²) in [4.78, 5) is 14.1. The highest BCUT2D eigenvalue weighted by Gasteiger charge is 2.15. The van der Waals surface area contributed by atoms with E-state index in [-0.39, 0.29) is 5.91 Å². The molecule has 0 atom stereocenters. The number of nitrogens with zero attached hydrogens (tertiary/aromatic N) is 4. The molecule has 0 unspecified atom stereocenters. The van der Waals surface area contributed by atoms with Crippen LogP contribution in [0.1, 0.15) is 28.0 Å². The summed E-state index contributed by atoms with van der Waals surface area (Å²) in [5.41, 5.74) is 2.79. The number of carbonyl (C=O) groups excluding carboxylic acids is 1. The molecule has 128 valence electrons. The average Bonchev–Trinajstić information content (AvgIpc) is 3.11. The molecule has 3 rings (SSSR count). The van der Waals surface area contributed by atoms with Gasteiger partial charge in [-0.25, -0.2) is 0 Å². The summed E-state index contributed by atoms with van der Waals surface area (Å²) in [6.45, 7) is 1.30. The Morgan fingerprint density at radius 1 is 1.00 bits per heavy atom. The first-order valence-corrected chi connectivity index (χ1v) is 8.46. The van der Waals surface area contributed by atoms with E-state index in [2.05, 4.69) is 22.4 Å². The van der Waals surface area contributed by atoms with Crippen molar-refractivity contribution in [1.82, 2.24) is 19.9 Å². The molecule has 0 bridgehead atoms. The van der Waals surface area contributed by atoms with Gasteiger partial charge in [-0.2, -0.15) is 0 Å². The third-order valence-electron chi connectivity index (χ3n) is 4.06. The molecule has 3 aromatic rings. The molecule has 0 saturated heterocycles. The summed E-state index contributed by atoms with van der Waals surface area (Å²) >= 11 is 0. The lowest BCUT2D eigenvalue weighted by Gasteiger charge is -2.15. The van der Waals surface area contributed by atoms with Gasteiger partial charge in [0.1, 0.15) is 0 Å². The second-order valence-electron chi connectivity index (χ2n) is 6.10. The van der Waals surface area contributed by atoms with Crippen LogP contribution in [0.3, 0.4) is 0 Å². The molecule has 0 aliphatic rings. The fourth-order valence-corrected chi connectivity index (χ4v) is 2.72. The zero-order valence-corrected chi connectivity index (χ0v) is 14.4. The van der Waals surface area contributed by atoms with Crippen molar-refractivity contribution in [2.75, 3.05) is 7.05 Å². The Labute approximate surface area is 147 Å². The van der Waals surface area contributed by atoms with Gasteiger partial charge in [-0.1, -0.05) is 65.9 Å². The normalized spacial score (nSPS) is 10.6. The molecular weight excluding hydrogens is 312 g/mol. The minimum atomic E-state index is -0.113. The number of rotatable bonds is 7. The van der Waals surface area contributed by atoms with Crippen LogP contribution in [0.25, 0.3) is 0 Å². The molecule has 5 nitrogen and oxygen atoms in total. The van der Waals surface area contributed by atoms with E-state index >= 15 is 0 Å². The quantitative estimate of drug-likeness (QED) is 0.667. The van der Waals surface area contributed by atoms with Gasteiger partial charge in [-0.05, 0) is 24.0 Å². The van der Waals surface area contributed by atoms with Crippen molar-refractivity contribution in [3.8, 4) is 0 Å². The molecule has 0 aliphatic carbocycles. The highest BCUT2D eigenvalue weighted by Crippen LogP contribution is 2.07. The number of amides is 1. The first kappa shape index (κ1) is 16.9. The Hall–Kier alpha value is -2.95. The van der Waals surface area contributed by atoms with Gasteiger partial charge in [-0.15, -0.1) is 5.10 Å². The van der Waals surface area contributed by atoms with Gasteiger partial charge in [-0.3, -0.25) is 9.48 Å². The Morgan fingerprint density at radius 3 is 2.32 bits per heavy atom. The maximum atomic E-state index is 12.5. The molecular formula is C20H22N4O. The van der Waals surface area contributed by atoms with Gasteiger partial charge in [0, 0.05) is 20.1 Å². The van der Waals surface area contributed by atoms with Crippen LogP contribution in [-0.4, -0.2) is 32.8 Å². The number of hydrogen-bond acceptors (Lipinski definition) is 3. The van der Waals surface area contributed by atoms with Gasteiger partial charge < -0.3 is 4.90 Å². The van der Waals surface area contributed by atoms with Crippen LogP contribution < -0.4 is 0 Å². The maximum Gasteiger partial charge on any atom is 0.276 e. The van der Waals surface area contributed by atoms with Gasteiger partial charge >= 0.3 is 0 Å². The van der Waals surface area contributed by atoms with Crippen molar-refractivity contribution in [2.45, 2.75) is 25.9 Å². The molecule has 0 spiro atoms. The largest absolute Gasteiger partial charge is 0.336 e. The van der Waals surface area contributed by atoms with E-state index in [1.807, 2.05) is 48.5 Å². The number of aryl methyl sites for hydroxylation is 2. The molecule has 0 saturated carbocycles. The van der Waals surface area contributed by atoms with Gasteiger partial charge in [0.2, 0.25) is 0 Å². The maximum absolute atomic E-state index is 12.5. The summed E-state index contributed by atoms with van der Waals surface area (Å²) in [7, 11) is 1.78. The molecule has 0 fully saturated rings. The summed E-state index contributed by atoms with van der Waals surface area (Å²) in [6, 6.07) is 20.3. The van der Waals surface area contributed by atoms with Crippen LogP contribution in [0.15, 0.2) is 66.9 Å². The summed E-state index contributed by atoms with van der Waals surface area (Å²) < 4.78 is 1.74. The highest BCUT2D eigenvalue weighted by molar-refractivity contribution is 5.91. The molecule has 0 aliphatic heterocycles. The summed E-state index contributed by atoms with van der Waals surface area (Å²) in [5, 5.41) is 8.10. The number of hydrogen-bond donors (Lipinski definition) is 0. The SMILES string of the molecule is CN(Cc1ccccc1)C(=O)c1cn(CCCc2ccccc2)nn1. The summed E-state index contributed by atoms with van der Waals surface area (Å²) in [6.07, 6.45) is 3.67. The van der Waals surface area contributed by atoms with Crippen molar-refractivity contribution in [2.24, 2.45) is 0 Å². The Balaban J connectivity index is 1.52. The van der Waals surface area contributed by atoms with Gasteiger partial charge in [0.15, 0.2) is 5.69 Å². The third kappa shape index (κ3) is 4.76. The molecule has 1 aromatic heterocycles. The van der Waals surface area contributed by atoms with Crippen LogP contribution in [0.5, 0.6) is 0 Å². The molecule has 0 N–H and O–H groups in total. The third-order valence-corrected chi connectivity index (χ3v) is 4.06. The average molecular weight is 334 g/mol. The van der Waals surface area contributed by atoms with Crippen LogP contribution in [0, 0.1) is 0 Å². The Bertz CT molecular complexity index is 799. The van der Waals surface area contributed by atoms with Crippen molar-refractivity contribution >= 4 is 5.91 Å². The van der Waals surface area contributed by atoms with Crippen LogP contribution in [-0.2, 0) is 19.5 Å². The van der Waals surface area contributed by atoms with Crippen molar-refractivity contribution in [3.63, 3.8) is 0 Å². The highest BCUT2D eigenvalue weighted by atomic mass is 16.2. The van der Waals surface area contributed by atoms with E-state index in [0.29, 0.717) is 12.2 Å². The van der Waals surface area contributed by atoms with Gasteiger partial charge in [0.25, 0.3) is 5.91 Å². The van der Waals surface area contributed by atoms with Crippen LogP contribution >= 0.6 is 0 Å². The lowest BCUT2D eigenvalue weighted by Crippen LogP contribution is -2.26. The van der Waals surface area contributed by atoms with E-state index in [4.69, 9.17) is 0 Å². The predicted octanol–water partition coefficient (Wildman–Crippen LogP) is 3.18. The molecule has 25 heavy (non-hydrogen) atoms. The van der Waals surface area contributed by atoms with Gasteiger partial charge in [0.05, 0.1) is 6.20 Å². The predicted molar refractivity (Wildman–Crippen MR) is 97.0 cm³/mol. The van der Waals surface area contributed by atoms with E-state index in [0.717, 1.165) is 24.9 Å². The van der Waals surface area contributed by atoms with E-state index in [9.17, 15) is 4.79 Å². The Morgan fingerprint density at radius 2 is 1.64 bits per heavy atom. The molecule has 5 heteroatoms. The second kappa shape index (κ2) is 8.24. The fourth-order valence-electron chi connectivity index (χ4n) is 2.72. The summed E-state index contributed by atoms with van der Waals surface area (Å²) in [5.74, 6) is -0.113. The van der Waals surface area contributed by atoms with Crippen molar-refractivity contribution in [1.29, 1.82) is 0 Å². The second-order valence-corrected chi connectivity index (χ2v) is 6.10. The van der Waals surface area contributed by atoms with E-state index in [1.54, 1.807) is 22.8 Å². The monoisotopic (exact) mass is 334 g/mol.